The van der Waals surface area contributed by atoms with Crippen LogP contribution in [0.4, 0.5) is 5.69 Å². The Bertz CT molecular complexity index is 557. The number of anilines is 1. The zero-order chi connectivity index (χ0) is 15.3. The molecule has 1 rings (SSSR count). The number of nitrogens with two attached hydrogens (primary N) is 1. The van der Waals surface area contributed by atoms with E-state index in [1.54, 1.807) is 13.0 Å². The maximum absolute atomic E-state index is 12.5. The molecule has 0 amide bonds. The number of hydrogen-bond donors (Lipinski definition) is 2. The molecule has 0 bridgehead atoms. The minimum atomic E-state index is -3.56. The summed E-state index contributed by atoms with van der Waals surface area (Å²) in [7, 11) is -3.56. The summed E-state index contributed by atoms with van der Waals surface area (Å²) in [4.78, 5) is 0.215. The molecular formula is C14H24N2O2S2. The number of nitrogen functional groups attached to an aromatic ring is 1. The van der Waals surface area contributed by atoms with Crippen LogP contribution >= 0.6 is 11.8 Å². The molecule has 0 aliphatic rings. The van der Waals surface area contributed by atoms with E-state index >= 15 is 0 Å². The molecule has 0 radical (unpaired) electrons. The van der Waals surface area contributed by atoms with Gasteiger partial charge in [-0.3, -0.25) is 0 Å². The van der Waals surface area contributed by atoms with E-state index in [-0.39, 0.29) is 10.9 Å². The van der Waals surface area contributed by atoms with Gasteiger partial charge in [-0.05, 0) is 49.8 Å². The van der Waals surface area contributed by atoms with Gasteiger partial charge in [0.15, 0.2) is 0 Å². The van der Waals surface area contributed by atoms with Crippen molar-refractivity contribution < 1.29 is 8.42 Å². The van der Waals surface area contributed by atoms with E-state index in [9.17, 15) is 8.42 Å². The molecule has 1 unspecified atom stereocenters. The lowest BCUT2D eigenvalue weighted by molar-refractivity contribution is 0.557. The molecule has 0 fully saturated rings. The molecule has 6 heteroatoms. The first-order valence-corrected chi connectivity index (χ1v) is 9.39. The van der Waals surface area contributed by atoms with E-state index in [2.05, 4.69) is 11.6 Å². The zero-order valence-electron chi connectivity index (χ0n) is 12.6. The summed E-state index contributed by atoms with van der Waals surface area (Å²) in [6, 6.07) is 3.53. The topological polar surface area (TPSA) is 72.2 Å². The third-order valence-electron chi connectivity index (χ3n) is 3.14. The first kappa shape index (κ1) is 17.3. The summed E-state index contributed by atoms with van der Waals surface area (Å²) >= 11 is 1.81. The predicted octanol–water partition coefficient (Wildman–Crippen LogP) is 2.70. The highest BCUT2D eigenvalue weighted by Crippen LogP contribution is 2.26. The van der Waals surface area contributed by atoms with E-state index in [0.29, 0.717) is 11.3 Å². The van der Waals surface area contributed by atoms with Crippen molar-refractivity contribution in [3.8, 4) is 0 Å². The van der Waals surface area contributed by atoms with E-state index < -0.39 is 10.0 Å². The Balaban J connectivity index is 2.92. The molecule has 1 aromatic rings. The van der Waals surface area contributed by atoms with Crippen LogP contribution in [0.5, 0.6) is 0 Å². The zero-order valence-corrected chi connectivity index (χ0v) is 14.2. The Labute approximate surface area is 126 Å². The predicted molar refractivity (Wildman–Crippen MR) is 87.7 cm³/mol. The van der Waals surface area contributed by atoms with Crippen molar-refractivity contribution in [1.29, 1.82) is 0 Å². The highest BCUT2D eigenvalue weighted by Gasteiger charge is 2.23. The fourth-order valence-corrected chi connectivity index (χ4v) is 4.47. The number of nitrogens with one attached hydrogen (secondary N) is 1. The van der Waals surface area contributed by atoms with Crippen LogP contribution in [-0.2, 0) is 10.0 Å². The molecule has 0 saturated carbocycles. The smallest absolute Gasteiger partial charge is 0.243 e. The van der Waals surface area contributed by atoms with Crippen LogP contribution < -0.4 is 10.5 Å². The number of hydrogen-bond acceptors (Lipinski definition) is 4. The first-order chi connectivity index (χ1) is 9.29. The molecule has 0 saturated heterocycles. The first-order valence-electron chi connectivity index (χ1n) is 6.75. The Morgan fingerprint density at radius 1 is 1.30 bits per heavy atom. The van der Waals surface area contributed by atoms with Crippen LogP contribution in [0.25, 0.3) is 0 Å². The van der Waals surface area contributed by atoms with Crippen molar-refractivity contribution in [2.75, 3.05) is 17.2 Å². The van der Waals surface area contributed by atoms with Crippen LogP contribution in [-0.4, -0.2) is 26.0 Å². The molecule has 0 heterocycles. The summed E-state index contributed by atoms with van der Waals surface area (Å²) in [6.07, 6.45) is 0.808. The van der Waals surface area contributed by atoms with Gasteiger partial charge in [0.2, 0.25) is 10.0 Å². The Kier molecular flexibility index (Phi) is 6.36. The van der Waals surface area contributed by atoms with Gasteiger partial charge >= 0.3 is 0 Å². The molecule has 0 aromatic heterocycles. The second kappa shape index (κ2) is 7.33. The van der Waals surface area contributed by atoms with Crippen molar-refractivity contribution in [2.45, 2.75) is 45.1 Å². The molecule has 4 nitrogen and oxygen atoms in total. The highest BCUT2D eigenvalue weighted by atomic mass is 32.2. The molecule has 20 heavy (non-hydrogen) atoms. The summed E-state index contributed by atoms with van der Waals surface area (Å²) in [5.74, 6) is 1.99. The third-order valence-corrected chi connectivity index (χ3v) is 5.86. The van der Waals surface area contributed by atoms with Gasteiger partial charge in [0.1, 0.15) is 4.90 Å². The molecule has 0 aliphatic carbocycles. The quantitative estimate of drug-likeness (QED) is 0.599. The maximum Gasteiger partial charge on any atom is 0.243 e. The van der Waals surface area contributed by atoms with Crippen LogP contribution in [0.15, 0.2) is 17.0 Å². The molecule has 3 N–H and O–H groups in total. The van der Waals surface area contributed by atoms with Crippen LogP contribution in [0.2, 0.25) is 0 Å². The average Bonchev–Trinajstić information content (AvgIpc) is 2.33. The van der Waals surface area contributed by atoms with Gasteiger partial charge in [0, 0.05) is 6.04 Å². The Morgan fingerprint density at radius 3 is 2.50 bits per heavy atom. The molecule has 0 spiro atoms. The standard InChI is InChI=1S/C14H24N2O2S2/c1-5-19-9-8-12(4)16-20(17,18)14-11(3)7-6-10(2)13(14)15/h6-7,12,16H,5,8-9,15H2,1-4H3. The van der Waals surface area contributed by atoms with E-state index in [1.165, 1.54) is 0 Å². The van der Waals surface area contributed by atoms with Gasteiger partial charge in [0.25, 0.3) is 0 Å². The van der Waals surface area contributed by atoms with Crippen molar-refractivity contribution in [1.82, 2.24) is 4.72 Å². The maximum atomic E-state index is 12.5. The van der Waals surface area contributed by atoms with Gasteiger partial charge in [0.05, 0.1) is 5.69 Å². The average molecular weight is 316 g/mol. The van der Waals surface area contributed by atoms with E-state index in [1.807, 2.05) is 31.7 Å². The van der Waals surface area contributed by atoms with Crippen molar-refractivity contribution in [3.63, 3.8) is 0 Å². The van der Waals surface area contributed by atoms with Crippen LogP contribution in [0, 0.1) is 13.8 Å². The van der Waals surface area contributed by atoms with Crippen LogP contribution in [0.3, 0.4) is 0 Å². The summed E-state index contributed by atoms with van der Waals surface area (Å²) in [6.45, 7) is 7.56. The normalized spacial score (nSPS) is 13.4. The molecular weight excluding hydrogens is 292 g/mol. The summed E-state index contributed by atoms with van der Waals surface area (Å²) in [5.41, 5.74) is 7.74. The lowest BCUT2D eigenvalue weighted by Crippen LogP contribution is -2.34. The number of thioether (sulfide) groups is 1. The fourth-order valence-electron chi connectivity index (χ4n) is 1.95. The highest BCUT2D eigenvalue weighted by molar-refractivity contribution is 7.99. The SMILES string of the molecule is CCSCCC(C)NS(=O)(=O)c1c(C)ccc(C)c1N. The van der Waals surface area contributed by atoms with Gasteiger partial charge in [-0.15, -0.1) is 0 Å². The minimum absolute atomic E-state index is 0.0987. The minimum Gasteiger partial charge on any atom is -0.397 e. The van der Waals surface area contributed by atoms with Gasteiger partial charge in [-0.1, -0.05) is 19.1 Å². The van der Waals surface area contributed by atoms with Crippen molar-refractivity contribution in [3.05, 3.63) is 23.3 Å². The summed E-state index contributed by atoms with van der Waals surface area (Å²) in [5, 5.41) is 0. The number of sulfonamides is 1. The lowest BCUT2D eigenvalue weighted by Gasteiger charge is -2.17. The largest absolute Gasteiger partial charge is 0.397 e. The molecule has 1 aromatic carbocycles. The van der Waals surface area contributed by atoms with Crippen LogP contribution in [0.1, 0.15) is 31.4 Å². The lowest BCUT2D eigenvalue weighted by atomic mass is 10.1. The van der Waals surface area contributed by atoms with Gasteiger partial charge in [-0.25, -0.2) is 13.1 Å². The fraction of sp³-hybridized carbons (Fsp3) is 0.571. The second-order valence-electron chi connectivity index (χ2n) is 4.95. The van der Waals surface area contributed by atoms with Gasteiger partial charge in [-0.2, -0.15) is 11.8 Å². The monoisotopic (exact) mass is 316 g/mol. The Morgan fingerprint density at radius 2 is 1.90 bits per heavy atom. The Hall–Kier alpha value is -0.720. The molecule has 1 atom stereocenters. The van der Waals surface area contributed by atoms with Crippen molar-refractivity contribution >= 4 is 27.5 Å². The molecule has 0 aliphatic heterocycles. The molecule has 114 valence electrons. The number of aryl methyl sites for hydroxylation is 2. The number of rotatable bonds is 7. The van der Waals surface area contributed by atoms with Crippen molar-refractivity contribution in [2.24, 2.45) is 0 Å². The van der Waals surface area contributed by atoms with E-state index in [0.717, 1.165) is 23.5 Å². The number of benzene rings is 1. The third kappa shape index (κ3) is 4.40. The van der Waals surface area contributed by atoms with Gasteiger partial charge < -0.3 is 5.73 Å². The summed E-state index contributed by atoms with van der Waals surface area (Å²) < 4.78 is 27.7. The van der Waals surface area contributed by atoms with E-state index in [4.69, 9.17) is 5.73 Å². The second-order valence-corrected chi connectivity index (χ2v) is 7.99.